The fourth-order valence-corrected chi connectivity index (χ4v) is 4.57. The van der Waals surface area contributed by atoms with Crippen molar-refractivity contribution in [3.05, 3.63) is 82.7 Å². The van der Waals surface area contributed by atoms with E-state index in [1.54, 1.807) is 28.8 Å². The molecule has 0 aliphatic carbocycles. The Hall–Kier alpha value is -3.26. The quantitative estimate of drug-likeness (QED) is 0.490. The van der Waals surface area contributed by atoms with Crippen molar-refractivity contribution >= 4 is 21.7 Å². The molecule has 30 heavy (non-hydrogen) atoms. The summed E-state index contributed by atoms with van der Waals surface area (Å²) in [7, 11) is -3.88. The maximum Gasteiger partial charge on any atom is 0.267 e. The number of rotatable bonds is 5. The number of aryl methyl sites for hydroxylation is 4. The normalized spacial score (nSPS) is 11.7. The number of hydrogen-bond acceptors (Lipinski definition) is 5. The molecular formula is C22H23N5O2S. The van der Waals surface area contributed by atoms with E-state index in [1.165, 1.54) is 4.31 Å². The zero-order valence-electron chi connectivity index (χ0n) is 17.4. The highest BCUT2D eigenvalue weighted by atomic mass is 32.2. The lowest BCUT2D eigenvalue weighted by atomic mass is 10.1. The second kappa shape index (κ2) is 7.53. The van der Waals surface area contributed by atoms with E-state index in [0.717, 1.165) is 28.1 Å². The Morgan fingerprint density at radius 3 is 2.10 bits per heavy atom. The van der Waals surface area contributed by atoms with Gasteiger partial charge in [0.25, 0.3) is 21.7 Å². The van der Waals surface area contributed by atoms with Crippen LogP contribution in [0, 0.1) is 27.7 Å². The third-order valence-corrected chi connectivity index (χ3v) is 6.63. The molecule has 0 unspecified atom stereocenters. The van der Waals surface area contributed by atoms with Gasteiger partial charge in [0.05, 0.1) is 11.4 Å². The number of fused-ring (bicyclic) bond motifs is 1. The highest BCUT2D eigenvalue weighted by Crippen LogP contribution is 2.24. The Bertz CT molecular complexity index is 1310. The monoisotopic (exact) mass is 421 g/mol. The van der Waals surface area contributed by atoms with Gasteiger partial charge in [0.2, 0.25) is 0 Å². The van der Waals surface area contributed by atoms with Crippen molar-refractivity contribution in [2.24, 2.45) is 0 Å². The van der Waals surface area contributed by atoms with Gasteiger partial charge in [-0.2, -0.15) is 9.50 Å². The molecule has 0 bridgehead atoms. The van der Waals surface area contributed by atoms with E-state index in [0.29, 0.717) is 5.78 Å². The first-order valence-corrected chi connectivity index (χ1v) is 11.0. The van der Waals surface area contributed by atoms with Crippen LogP contribution in [0.25, 0.3) is 5.78 Å². The molecule has 0 saturated carbocycles. The summed E-state index contributed by atoms with van der Waals surface area (Å²) in [4.78, 5) is 9.03. The van der Waals surface area contributed by atoms with Crippen molar-refractivity contribution in [3.8, 4) is 0 Å². The summed E-state index contributed by atoms with van der Waals surface area (Å²) in [5.74, 6) is 0.466. The number of sulfonamides is 1. The van der Waals surface area contributed by atoms with Gasteiger partial charge in [-0.05, 0) is 51.5 Å². The molecular weight excluding hydrogens is 398 g/mol. The molecule has 0 spiro atoms. The molecule has 7 nitrogen and oxygen atoms in total. The van der Waals surface area contributed by atoms with Crippen LogP contribution >= 0.6 is 0 Å². The number of nitrogens with zero attached hydrogens (tertiary/aromatic N) is 5. The molecule has 8 heteroatoms. The summed E-state index contributed by atoms with van der Waals surface area (Å²) in [6.45, 7) is 7.78. The summed E-state index contributed by atoms with van der Waals surface area (Å²) in [6.07, 6.45) is 0. The van der Waals surface area contributed by atoms with E-state index < -0.39 is 10.0 Å². The molecule has 2 heterocycles. The van der Waals surface area contributed by atoms with Crippen molar-refractivity contribution in [3.63, 3.8) is 0 Å². The van der Waals surface area contributed by atoms with E-state index in [4.69, 9.17) is 0 Å². The first-order chi connectivity index (χ1) is 14.2. The van der Waals surface area contributed by atoms with Crippen LogP contribution in [0.3, 0.4) is 0 Å². The minimum Gasteiger partial charge on any atom is -0.228 e. The Kier molecular flexibility index (Phi) is 5.03. The lowest BCUT2D eigenvalue weighted by Crippen LogP contribution is -2.31. The first kappa shape index (κ1) is 20.0. The van der Waals surface area contributed by atoms with Crippen LogP contribution in [-0.4, -0.2) is 28.0 Å². The van der Waals surface area contributed by atoms with Crippen molar-refractivity contribution < 1.29 is 8.42 Å². The summed E-state index contributed by atoms with van der Waals surface area (Å²) in [5, 5.41) is 4.47. The lowest BCUT2D eigenvalue weighted by molar-refractivity contribution is 0.589. The van der Waals surface area contributed by atoms with Crippen LogP contribution in [0.1, 0.15) is 28.1 Å². The van der Waals surface area contributed by atoms with Gasteiger partial charge < -0.3 is 0 Å². The number of benzene rings is 2. The average molecular weight is 422 g/mol. The minimum atomic E-state index is -3.88. The molecule has 0 atom stereocenters. The van der Waals surface area contributed by atoms with E-state index in [1.807, 2.05) is 58.0 Å². The van der Waals surface area contributed by atoms with Crippen molar-refractivity contribution in [1.29, 1.82) is 0 Å². The van der Waals surface area contributed by atoms with Crippen molar-refractivity contribution in [1.82, 2.24) is 19.6 Å². The number of hydrogen-bond donors (Lipinski definition) is 0. The Labute approximate surface area is 176 Å². The first-order valence-electron chi connectivity index (χ1n) is 9.60. The highest BCUT2D eigenvalue weighted by Gasteiger charge is 2.29. The van der Waals surface area contributed by atoms with Crippen LogP contribution in [-0.2, 0) is 16.6 Å². The van der Waals surface area contributed by atoms with E-state index in [9.17, 15) is 8.42 Å². The zero-order chi connectivity index (χ0) is 21.5. The van der Waals surface area contributed by atoms with E-state index in [2.05, 4.69) is 15.1 Å². The number of aromatic nitrogens is 4. The Balaban J connectivity index is 1.86. The topological polar surface area (TPSA) is 80.5 Å². The molecule has 154 valence electrons. The Morgan fingerprint density at radius 2 is 1.47 bits per heavy atom. The molecule has 0 aliphatic heterocycles. The standard InChI is InChI=1S/C22H23N5O2S/c1-15-5-9-19(10-6-15)14-26(30(28,29)20-11-7-16(2)8-12-20)22-24-21-23-17(3)13-18(4)27(21)25-22/h5-13H,14H2,1-4H3. The number of anilines is 1. The van der Waals surface area contributed by atoms with Gasteiger partial charge in [-0.3, -0.25) is 0 Å². The summed E-state index contributed by atoms with van der Waals surface area (Å²) in [5.41, 5.74) is 4.56. The predicted molar refractivity (Wildman–Crippen MR) is 116 cm³/mol. The molecule has 0 radical (unpaired) electrons. The third-order valence-electron chi connectivity index (χ3n) is 4.89. The average Bonchev–Trinajstić information content (AvgIpc) is 3.11. The fraction of sp³-hybridized carbons (Fsp3) is 0.227. The second-order valence-corrected chi connectivity index (χ2v) is 9.34. The van der Waals surface area contributed by atoms with Gasteiger partial charge in [0.15, 0.2) is 0 Å². The predicted octanol–water partition coefficient (Wildman–Crippen LogP) is 3.75. The molecule has 0 aliphatic rings. The molecule has 2 aromatic heterocycles. The van der Waals surface area contributed by atoms with Crippen LogP contribution in [0.4, 0.5) is 5.95 Å². The van der Waals surface area contributed by atoms with E-state index in [-0.39, 0.29) is 17.4 Å². The fourth-order valence-electron chi connectivity index (χ4n) is 3.22. The summed E-state index contributed by atoms with van der Waals surface area (Å²) < 4.78 is 29.9. The van der Waals surface area contributed by atoms with Crippen LogP contribution in [0.5, 0.6) is 0 Å². The van der Waals surface area contributed by atoms with Gasteiger partial charge in [-0.15, -0.1) is 5.10 Å². The molecule has 0 fully saturated rings. The van der Waals surface area contributed by atoms with Crippen LogP contribution in [0.15, 0.2) is 59.5 Å². The van der Waals surface area contributed by atoms with Crippen molar-refractivity contribution in [2.75, 3.05) is 4.31 Å². The SMILES string of the molecule is Cc1ccc(CN(c2nc3nc(C)cc(C)n3n2)S(=O)(=O)c2ccc(C)cc2)cc1. The molecule has 4 rings (SSSR count). The molecule has 2 aromatic carbocycles. The van der Waals surface area contributed by atoms with Gasteiger partial charge in [-0.25, -0.2) is 17.7 Å². The van der Waals surface area contributed by atoms with Crippen LogP contribution in [0.2, 0.25) is 0 Å². The maximum atomic E-state index is 13.6. The summed E-state index contributed by atoms with van der Waals surface area (Å²) >= 11 is 0. The zero-order valence-corrected chi connectivity index (χ0v) is 18.2. The third kappa shape index (κ3) is 3.78. The van der Waals surface area contributed by atoms with E-state index >= 15 is 0 Å². The van der Waals surface area contributed by atoms with Gasteiger partial charge in [-0.1, -0.05) is 47.5 Å². The van der Waals surface area contributed by atoms with Crippen molar-refractivity contribution in [2.45, 2.75) is 39.1 Å². The van der Waals surface area contributed by atoms with Gasteiger partial charge in [0.1, 0.15) is 0 Å². The second-order valence-electron chi connectivity index (χ2n) is 7.47. The van der Waals surface area contributed by atoms with Crippen LogP contribution < -0.4 is 4.31 Å². The molecule has 0 N–H and O–H groups in total. The van der Waals surface area contributed by atoms with Gasteiger partial charge >= 0.3 is 0 Å². The Morgan fingerprint density at radius 1 is 0.867 bits per heavy atom. The minimum absolute atomic E-state index is 0.0948. The molecule has 0 amide bonds. The molecule has 4 aromatic rings. The molecule has 0 saturated heterocycles. The highest BCUT2D eigenvalue weighted by molar-refractivity contribution is 7.92. The van der Waals surface area contributed by atoms with Gasteiger partial charge in [0, 0.05) is 11.4 Å². The largest absolute Gasteiger partial charge is 0.267 e. The smallest absolute Gasteiger partial charge is 0.228 e. The summed E-state index contributed by atoms with van der Waals surface area (Å²) in [6, 6.07) is 16.4. The lowest BCUT2D eigenvalue weighted by Gasteiger charge is -2.21. The maximum absolute atomic E-state index is 13.6.